The zero-order valence-electron chi connectivity index (χ0n) is 28.1. The fourth-order valence-electron chi connectivity index (χ4n) is 7.69. The molecule has 6 fully saturated rings. The maximum absolute atomic E-state index is 12.3. The van der Waals surface area contributed by atoms with Gasteiger partial charge in [-0.25, -0.2) is 0 Å². The number of halogens is 1. The number of carbonyl (C=O) groups excluding carboxylic acids is 1. The molecule has 1 amide bonds. The predicted molar refractivity (Wildman–Crippen MR) is 167 cm³/mol. The summed E-state index contributed by atoms with van der Waals surface area (Å²) in [5.74, 6) is -3.00. The van der Waals surface area contributed by atoms with Gasteiger partial charge in [-0.15, -0.1) is 0 Å². The molecule has 6 saturated heterocycles. The second-order valence-electron chi connectivity index (χ2n) is 13.8. The summed E-state index contributed by atoms with van der Waals surface area (Å²) in [6, 6.07) is -1.22. The number of aliphatic hydroxyl groups is 10. The van der Waals surface area contributed by atoms with Crippen LogP contribution in [0.3, 0.4) is 0 Å². The number of hydrogen-bond donors (Lipinski definition) is 11. The molecule has 1 unspecified atom stereocenters. The van der Waals surface area contributed by atoms with Gasteiger partial charge in [0.15, 0.2) is 18.9 Å². The highest BCUT2D eigenvalue weighted by Crippen LogP contribution is 2.49. The van der Waals surface area contributed by atoms with E-state index in [1.165, 1.54) is 6.92 Å². The Bertz CT molecular complexity index is 1240. The van der Waals surface area contributed by atoms with Gasteiger partial charge in [0.25, 0.3) is 0 Å². The molecule has 6 aliphatic heterocycles. The Labute approximate surface area is 305 Å². The van der Waals surface area contributed by atoms with E-state index in [2.05, 4.69) is 21.2 Å². The van der Waals surface area contributed by atoms with Crippen molar-refractivity contribution in [3.63, 3.8) is 0 Å². The van der Waals surface area contributed by atoms with Crippen LogP contribution in [0.1, 0.15) is 26.7 Å². The Morgan fingerprint density at radius 2 is 1.40 bits per heavy atom. The van der Waals surface area contributed by atoms with Gasteiger partial charge < -0.3 is 99.0 Å². The molecule has 0 aromatic heterocycles. The van der Waals surface area contributed by atoms with Crippen LogP contribution in [0.4, 0.5) is 0 Å². The van der Waals surface area contributed by atoms with Gasteiger partial charge in [0, 0.05) is 6.92 Å². The van der Waals surface area contributed by atoms with Crippen molar-refractivity contribution in [1.82, 2.24) is 5.32 Å². The number of amides is 1. The van der Waals surface area contributed by atoms with Gasteiger partial charge in [-0.1, -0.05) is 13.3 Å². The summed E-state index contributed by atoms with van der Waals surface area (Å²) in [6.07, 6.45) is -26.0. The molecule has 0 aromatic rings. The zero-order valence-corrected chi connectivity index (χ0v) is 29.7. The van der Waals surface area contributed by atoms with Crippen LogP contribution in [0, 0.1) is 0 Å². The van der Waals surface area contributed by atoms with Crippen molar-refractivity contribution in [3.05, 3.63) is 0 Å². The highest BCUT2D eigenvalue weighted by Gasteiger charge is 2.70. The average Bonchev–Trinajstić information content (AvgIpc) is 3.59. The number of nitrogens with one attached hydrogen (secondary N) is 1. The largest absolute Gasteiger partial charge is 0.394 e. The lowest BCUT2D eigenvalue weighted by Crippen LogP contribution is -2.78. The van der Waals surface area contributed by atoms with E-state index in [1.807, 2.05) is 0 Å². The zero-order chi connectivity index (χ0) is 37.9. The lowest BCUT2D eigenvalue weighted by atomic mass is 9.85. The molecule has 0 radical (unpaired) electrons. The van der Waals surface area contributed by atoms with Crippen LogP contribution in [-0.2, 0) is 47.4 Å². The van der Waals surface area contributed by atoms with E-state index < -0.39 is 146 Å². The number of aliphatic hydroxyl groups excluding tert-OH is 9. The van der Waals surface area contributed by atoms with Crippen molar-refractivity contribution in [2.24, 2.45) is 0 Å². The van der Waals surface area contributed by atoms with Crippen molar-refractivity contribution < 1.29 is 98.5 Å². The molecule has 4 bridgehead atoms. The second kappa shape index (κ2) is 16.0. The number of rotatable bonds is 12. The van der Waals surface area contributed by atoms with Gasteiger partial charge in [0.2, 0.25) is 16.2 Å². The first-order valence-electron chi connectivity index (χ1n) is 17.1. The minimum Gasteiger partial charge on any atom is -0.394 e. The Morgan fingerprint density at radius 1 is 0.808 bits per heavy atom. The first kappa shape index (κ1) is 40.8. The first-order valence-corrected chi connectivity index (χ1v) is 17.9. The molecule has 22 heteroatoms. The molecule has 0 saturated carbocycles. The van der Waals surface area contributed by atoms with Crippen LogP contribution in [-0.4, -0.2) is 210 Å². The SMILES string of the molecule is CCCC(NC(C)=O)[C@@]1(O[C@@H]2[C@H]3OC[C@@H]2O[C@@H](O[C@@H]2[C@@H](O)[C@H](O[C@@H]4[C@H]5OC[C@@H]4O[C@@H](O)[C@H]5O)O[C@H](CO)[C@H]2O)[C@H]3O)O[C@H](CO)[C@H](O)[C@H](O)[C@@]1(O)Br. The predicted octanol–water partition coefficient (Wildman–Crippen LogP) is -6.26. The summed E-state index contributed by atoms with van der Waals surface area (Å²) in [4.78, 5) is 12.3. The molecule has 52 heavy (non-hydrogen) atoms. The van der Waals surface area contributed by atoms with Crippen molar-refractivity contribution in [1.29, 1.82) is 0 Å². The lowest BCUT2D eigenvalue weighted by Gasteiger charge is -2.57. The third-order valence-electron chi connectivity index (χ3n) is 10.4. The van der Waals surface area contributed by atoms with E-state index in [0.717, 1.165) is 0 Å². The minimum absolute atomic E-state index is 0.0462. The van der Waals surface area contributed by atoms with Crippen LogP contribution >= 0.6 is 15.9 Å². The molecule has 6 heterocycles. The maximum atomic E-state index is 12.3. The third-order valence-corrected chi connectivity index (χ3v) is 11.4. The van der Waals surface area contributed by atoms with Gasteiger partial charge in [0.1, 0.15) is 91.6 Å². The Morgan fingerprint density at radius 3 is 2.02 bits per heavy atom. The highest BCUT2D eigenvalue weighted by atomic mass is 79.9. The van der Waals surface area contributed by atoms with E-state index in [9.17, 15) is 55.9 Å². The van der Waals surface area contributed by atoms with Crippen LogP contribution in [0.2, 0.25) is 0 Å². The summed E-state index contributed by atoms with van der Waals surface area (Å²) in [5.41, 5.74) is 0. The monoisotopic (exact) mass is 821 g/mol. The standard InChI is InChI=1S/C30H48BrNO20/c1-3-4-14(32-9(2)35)30(29(31,43)25(41)16(37)11(6-34)51-30)52-21-13-8-45-24(21)19(40)28(48-13)50-22-15(36)10(5-33)47-27(18(22)39)49-20-12-7-44-23(20)17(38)26(42)46-12/h10-28,33-34,36-43H,3-8H2,1-2H3,(H,32,35)/t10-,11-,12+,13+,14?,15-,16+,17+,18-,19+,20+,21+,22+,23+,24+,25+,26-,27+,28+,29+,30+/m1/s1. The molecule has 11 N–H and O–H groups in total. The average molecular weight is 823 g/mol. The number of alkyl halides is 1. The smallest absolute Gasteiger partial charge is 0.232 e. The molecule has 6 rings (SSSR count). The van der Waals surface area contributed by atoms with Crippen LogP contribution in [0.25, 0.3) is 0 Å². The molecule has 6 aliphatic rings. The third kappa shape index (κ3) is 7.06. The molecular weight excluding hydrogens is 774 g/mol. The van der Waals surface area contributed by atoms with E-state index in [0.29, 0.717) is 6.42 Å². The maximum Gasteiger partial charge on any atom is 0.232 e. The lowest BCUT2D eigenvalue weighted by molar-refractivity contribution is -0.411. The Kier molecular flexibility index (Phi) is 12.5. The number of carbonyl (C=O) groups is 1. The number of fused-ring (bicyclic) bond motifs is 4. The van der Waals surface area contributed by atoms with E-state index in [4.69, 9.17) is 42.6 Å². The summed E-state index contributed by atoms with van der Waals surface area (Å²) in [6.45, 7) is 1.12. The van der Waals surface area contributed by atoms with Gasteiger partial charge in [-0.2, -0.15) is 0 Å². The normalized spacial score (nSPS) is 52.4. The minimum atomic E-state index is -2.63. The van der Waals surface area contributed by atoms with E-state index in [-0.39, 0.29) is 19.6 Å². The van der Waals surface area contributed by atoms with Crippen molar-refractivity contribution in [2.45, 2.75) is 153 Å². The quantitative estimate of drug-likeness (QED) is 0.0816. The molecule has 0 aliphatic carbocycles. The number of hydrogen-bond acceptors (Lipinski definition) is 20. The van der Waals surface area contributed by atoms with Gasteiger partial charge in [-0.05, 0) is 22.4 Å². The summed E-state index contributed by atoms with van der Waals surface area (Å²) < 4.78 is 49.8. The molecule has 21 atom stereocenters. The van der Waals surface area contributed by atoms with Crippen molar-refractivity contribution in [3.8, 4) is 0 Å². The van der Waals surface area contributed by atoms with E-state index in [1.54, 1.807) is 6.92 Å². The fraction of sp³-hybridized carbons (Fsp3) is 0.967. The van der Waals surface area contributed by atoms with Crippen molar-refractivity contribution >= 4 is 21.8 Å². The molecule has 21 nitrogen and oxygen atoms in total. The van der Waals surface area contributed by atoms with Crippen LogP contribution in [0.5, 0.6) is 0 Å². The molecule has 300 valence electrons. The van der Waals surface area contributed by atoms with E-state index >= 15 is 0 Å². The van der Waals surface area contributed by atoms with Gasteiger partial charge in [-0.3, -0.25) is 4.79 Å². The summed E-state index contributed by atoms with van der Waals surface area (Å²) in [7, 11) is 0. The van der Waals surface area contributed by atoms with Gasteiger partial charge >= 0.3 is 0 Å². The van der Waals surface area contributed by atoms with Crippen LogP contribution in [0.15, 0.2) is 0 Å². The topological polar surface area (TPSA) is 314 Å². The molecule has 0 spiro atoms. The summed E-state index contributed by atoms with van der Waals surface area (Å²) in [5, 5.41) is 110. The van der Waals surface area contributed by atoms with Crippen LogP contribution < -0.4 is 5.32 Å². The van der Waals surface area contributed by atoms with Crippen molar-refractivity contribution in [2.75, 3.05) is 26.4 Å². The molecule has 0 aromatic carbocycles. The second-order valence-corrected chi connectivity index (χ2v) is 15.0. The fourth-order valence-corrected chi connectivity index (χ4v) is 8.42. The Balaban J connectivity index is 1.22. The highest BCUT2D eigenvalue weighted by molar-refractivity contribution is 9.10. The Hall–Kier alpha value is -0.810. The molecular formula is C30H48BrNO20. The van der Waals surface area contributed by atoms with Gasteiger partial charge in [0.05, 0.1) is 32.5 Å². The number of ether oxygens (including phenoxy) is 9. The first-order chi connectivity index (χ1) is 24.6. The summed E-state index contributed by atoms with van der Waals surface area (Å²) >= 11 is 3.06.